The molecule has 1 heterocycles. The Hall–Kier alpha value is -2.49. The van der Waals surface area contributed by atoms with E-state index in [0.717, 1.165) is 43.2 Å². The number of rotatable bonds is 4. The highest BCUT2D eigenvalue weighted by Gasteiger charge is 2.18. The standard InChI is InChI=1S/C19H23N3O/c1-16-6-5-7-17(14-16)15-20-22-12-10-21(11-13-22)18-8-3-4-9-19(18)23-2/h3-9,14-15H,10-13H2,1-2H3/b20-15-. The fourth-order valence-corrected chi connectivity index (χ4v) is 2.84. The first-order valence-corrected chi connectivity index (χ1v) is 8.00. The summed E-state index contributed by atoms with van der Waals surface area (Å²) >= 11 is 0. The zero-order valence-electron chi connectivity index (χ0n) is 13.8. The van der Waals surface area contributed by atoms with Crippen molar-refractivity contribution in [3.63, 3.8) is 0 Å². The van der Waals surface area contributed by atoms with E-state index in [9.17, 15) is 0 Å². The van der Waals surface area contributed by atoms with Crippen LogP contribution in [0.5, 0.6) is 5.75 Å². The number of hydrogen-bond acceptors (Lipinski definition) is 4. The van der Waals surface area contributed by atoms with Crippen molar-refractivity contribution in [2.45, 2.75) is 6.92 Å². The summed E-state index contributed by atoms with van der Waals surface area (Å²) < 4.78 is 5.46. The van der Waals surface area contributed by atoms with Gasteiger partial charge in [0.1, 0.15) is 5.75 Å². The third-order valence-corrected chi connectivity index (χ3v) is 4.09. The molecule has 0 spiro atoms. The number of hydrogen-bond donors (Lipinski definition) is 0. The minimum atomic E-state index is 0.917. The Kier molecular flexibility index (Phi) is 4.81. The van der Waals surface area contributed by atoms with Crippen molar-refractivity contribution in [1.29, 1.82) is 0 Å². The van der Waals surface area contributed by atoms with Crippen molar-refractivity contribution in [3.05, 3.63) is 59.7 Å². The summed E-state index contributed by atoms with van der Waals surface area (Å²) in [4.78, 5) is 2.36. The van der Waals surface area contributed by atoms with E-state index >= 15 is 0 Å². The zero-order valence-corrected chi connectivity index (χ0v) is 13.8. The fraction of sp³-hybridized carbons (Fsp3) is 0.316. The molecule has 0 amide bonds. The van der Waals surface area contributed by atoms with Gasteiger partial charge in [0.2, 0.25) is 0 Å². The fourth-order valence-electron chi connectivity index (χ4n) is 2.84. The molecule has 120 valence electrons. The van der Waals surface area contributed by atoms with Crippen LogP contribution in [0.1, 0.15) is 11.1 Å². The monoisotopic (exact) mass is 309 g/mol. The number of nitrogens with zero attached hydrogens (tertiary/aromatic N) is 3. The predicted molar refractivity (Wildman–Crippen MR) is 95.6 cm³/mol. The second-order valence-corrected chi connectivity index (χ2v) is 5.77. The summed E-state index contributed by atoms with van der Waals surface area (Å²) in [6.07, 6.45) is 1.95. The SMILES string of the molecule is COc1ccccc1N1CCN(/N=C\c2cccc(C)c2)CC1. The van der Waals surface area contributed by atoms with Crippen molar-refractivity contribution in [2.75, 3.05) is 38.2 Å². The number of para-hydroxylation sites is 2. The summed E-state index contributed by atoms with van der Waals surface area (Å²) in [5, 5.41) is 6.75. The van der Waals surface area contributed by atoms with Gasteiger partial charge >= 0.3 is 0 Å². The first kappa shape index (κ1) is 15.4. The molecule has 23 heavy (non-hydrogen) atoms. The van der Waals surface area contributed by atoms with E-state index in [-0.39, 0.29) is 0 Å². The molecule has 0 unspecified atom stereocenters. The Bertz CT molecular complexity index is 676. The van der Waals surface area contributed by atoms with Crippen molar-refractivity contribution in [1.82, 2.24) is 5.01 Å². The van der Waals surface area contributed by atoms with Crippen molar-refractivity contribution < 1.29 is 4.74 Å². The Morgan fingerprint density at radius 3 is 2.52 bits per heavy atom. The molecule has 4 nitrogen and oxygen atoms in total. The third-order valence-electron chi connectivity index (χ3n) is 4.09. The van der Waals surface area contributed by atoms with Gasteiger partial charge in [-0.2, -0.15) is 5.10 Å². The first-order valence-electron chi connectivity index (χ1n) is 8.00. The summed E-state index contributed by atoms with van der Waals surface area (Å²) in [7, 11) is 1.72. The highest BCUT2D eigenvalue weighted by atomic mass is 16.5. The molecular formula is C19H23N3O. The van der Waals surface area contributed by atoms with Gasteiger partial charge < -0.3 is 9.64 Å². The Balaban J connectivity index is 1.60. The first-order chi connectivity index (χ1) is 11.3. The van der Waals surface area contributed by atoms with E-state index in [1.807, 2.05) is 18.3 Å². The number of benzene rings is 2. The zero-order chi connectivity index (χ0) is 16.1. The topological polar surface area (TPSA) is 28.1 Å². The van der Waals surface area contributed by atoms with Gasteiger partial charge in [0.15, 0.2) is 0 Å². The molecule has 4 heteroatoms. The molecule has 1 saturated heterocycles. The molecule has 0 aromatic heterocycles. The van der Waals surface area contributed by atoms with Gasteiger partial charge in [-0.25, -0.2) is 0 Å². The van der Waals surface area contributed by atoms with E-state index in [1.54, 1.807) is 7.11 Å². The Morgan fingerprint density at radius 1 is 1.00 bits per heavy atom. The molecule has 0 aliphatic carbocycles. The number of anilines is 1. The van der Waals surface area contributed by atoms with Gasteiger partial charge in [0.25, 0.3) is 0 Å². The molecule has 3 rings (SSSR count). The lowest BCUT2D eigenvalue weighted by atomic mass is 10.2. The number of aryl methyl sites for hydroxylation is 1. The maximum absolute atomic E-state index is 5.46. The van der Waals surface area contributed by atoms with Crippen LogP contribution in [0.25, 0.3) is 0 Å². The van der Waals surface area contributed by atoms with E-state index in [0.29, 0.717) is 0 Å². The number of hydrazone groups is 1. The lowest BCUT2D eigenvalue weighted by Gasteiger charge is -2.35. The molecule has 0 radical (unpaired) electrons. The smallest absolute Gasteiger partial charge is 0.142 e. The van der Waals surface area contributed by atoms with Crippen molar-refractivity contribution in [3.8, 4) is 5.75 Å². The number of ether oxygens (including phenoxy) is 1. The van der Waals surface area contributed by atoms with Crippen molar-refractivity contribution >= 4 is 11.9 Å². The van der Waals surface area contributed by atoms with Gasteiger partial charge in [-0.1, -0.05) is 42.0 Å². The van der Waals surface area contributed by atoms with Crippen LogP contribution in [-0.4, -0.2) is 44.5 Å². The van der Waals surface area contributed by atoms with Crippen LogP contribution in [0.3, 0.4) is 0 Å². The average molecular weight is 309 g/mol. The lowest BCUT2D eigenvalue weighted by molar-refractivity contribution is 0.271. The Labute approximate surface area is 138 Å². The van der Waals surface area contributed by atoms with Crippen LogP contribution < -0.4 is 9.64 Å². The molecular weight excluding hydrogens is 286 g/mol. The normalized spacial score (nSPS) is 15.2. The molecule has 1 aliphatic rings. The molecule has 0 saturated carbocycles. The van der Waals surface area contributed by atoms with Gasteiger partial charge in [-0.15, -0.1) is 0 Å². The summed E-state index contributed by atoms with van der Waals surface area (Å²) in [5.74, 6) is 0.934. The predicted octanol–water partition coefficient (Wildman–Crippen LogP) is 3.16. The van der Waals surface area contributed by atoms with Gasteiger partial charge in [0, 0.05) is 13.1 Å². The number of piperazine rings is 1. The van der Waals surface area contributed by atoms with Crippen LogP contribution in [0.15, 0.2) is 53.6 Å². The average Bonchev–Trinajstić information content (AvgIpc) is 2.60. The van der Waals surface area contributed by atoms with E-state index < -0.39 is 0 Å². The minimum Gasteiger partial charge on any atom is -0.495 e. The molecule has 1 aliphatic heterocycles. The second kappa shape index (κ2) is 7.18. The van der Waals surface area contributed by atoms with Crippen LogP contribution >= 0.6 is 0 Å². The van der Waals surface area contributed by atoms with Gasteiger partial charge in [-0.3, -0.25) is 5.01 Å². The summed E-state index contributed by atoms with van der Waals surface area (Å²) in [6, 6.07) is 16.6. The molecule has 2 aromatic rings. The highest BCUT2D eigenvalue weighted by molar-refractivity contribution is 5.79. The third kappa shape index (κ3) is 3.83. The highest BCUT2D eigenvalue weighted by Crippen LogP contribution is 2.28. The largest absolute Gasteiger partial charge is 0.495 e. The summed E-state index contributed by atoms with van der Waals surface area (Å²) in [5.41, 5.74) is 3.57. The van der Waals surface area contributed by atoms with Crippen LogP contribution in [0.4, 0.5) is 5.69 Å². The van der Waals surface area contributed by atoms with E-state index in [4.69, 9.17) is 4.74 Å². The molecule has 0 atom stereocenters. The van der Waals surface area contributed by atoms with Gasteiger partial charge in [-0.05, 0) is 24.6 Å². The van der Waals surface area contributed by atoms with E-state index in [1.165, 1.54) is 5.56 Å². The lowest BCUT2D eigenvalue weighted by Crippen LogP contribution is -2.44. The number of methoxy groups -OCH3 is 1. The molecule has 0 N–H and O–H groups in total. The molecule has 1 fully saturated rings. The Morgan fingerprint density at radius 2 is 1.78 bits per heavy atom. The maximum atomic E-state index is 5.46. The quantitative estimate of drug-likeness (QED) is 0.812. The van der Waals surface area contributed by atoms with Gasteiger partial charge in [0.05, 0.1) is 32.1 Å². The molecule has 2 aromatic carbocycles. The molecule has 0 bridgehead atoms. The van der Waals surface area contributed by atoms with E-state index in [2.05, 4.69) is 58.3 Å². The second-order valence-electron chi connectivity index (χ2n) is 5.77. The van der Waals surface area contributed by atoms with Crippen LogP contribution in [0, 0.1) is 6.92 Å². The van der Waals surface area contributed by atoms with Crippen LogP contribution in [-0.2, 0) is 0 Å². The summed E-state index contributed by atoms with van der Waals surface area (Å²) in [6.45, 7) is 5.83. The van der Waals surface area contributed by atoms with Crippen molar-refractivity contribution in [2.24, 2.45) is 5.10 Å². The maximum Gasteiger partial charge on any atom is 0.142 e. The van der Waals surface area contributed by atoms with Crippen LogP contribution in [0.2, 0.25) is 0 Å². The minimum absolute atomic E-state index is 0.917.